The molecule has 2 aromatic heterocycles. The lowest BCUT2D eigenvalue weighted by atomic mass is 9.99. The molecule has 0 atom stereocenters. The van der Waals surface area contributed by atoms with E-state index in [0.29, 0.717) is 29.3 Å². The molecule has 0 N–H and O–H groups in total. The van der Waals surface area contributed by atoms with Gasteiger partial charge in [0, 0.05) is 37.2 Å². The Morgan fingerprint density at radius 2 is 2.17 bits per heavy atom. The molecule has 0 unspecified atom stereocenters. The minimum absolute atomic E-state index is 0.219. The highest BCUT2D eigenvalue weighted by molar-refractivity contribution is 6.00. The summed E-state index contributed by atoms with van der Waals surface area (Å²) in [5.74, 6) is 0.331. The molecular formula is C18H18FN3O2. The lowest BCUT2D eigenvalue weighted by molar-refractivity contribution is 0.101. The van der Waals surface area contributed by atoms with Crippen LogP contribution in [0.5, 0.6) is 0 Å². The minimum Gasteiger partial charge on any atom is -0.441 e. The minimum atomic E-state index is -0.453. The van der Waals surface area contributed by atoms with Crippen LogP contribution in [0.25, 0.3) is 11.3 Å². The van der Waals surface area contributed by atoms with Crippen LogP contribution >= 0.6 is 0 Å². The van der Waals surface area contributed by atoms with Crippen LogP contribution in [0.2, 0.25) is 0 Å². The number of ketones is 1. The molecule has 3 rings (SSSR count). The number of oxazole rings is 1. The molecule has 24 heavy (non-hydrogen) atoms. The standard InChI is InChI=1S/C18H18FN3O2/c1-4-22-10-13(9-20-22)7-17-18(24-12(3)21-17)15-6-5-14(19)8-16(15)11(2)23/h5-6,8-10H,4,7H2,1-3H3. The number of benzene rings is 1. The molecule has 2 heterocycles. The average molecular weight is 327 g/mol. The molecule has 124 valence electrons. The summed E-state index contributed by atoms with van der Waals surface area (Å²) < 4.78 is 21.1. The molecule has 0 saturated heterocycles. The molecule has 0 amide bonds. The number of Topliss-reactive ketones (excluding diaryl/α,β-unsaturated/α-hetero) is 1. The Morgan fingerprint density at radius 1 is 1.38 bits per heavy atom. The van der Waals surface area contributed by atoms with Crippen LogP contribution < -0.4 is 0 Å². The van der Waals surface area contributed by atoms with Crippen molar-refractivity contribution in [3.05, 3.63) is 59.1 Å². The summed E-state index contributed by atoms with van der Waals surface area (Å²) in [5.41, 5.74) is 2.55. The van der Waals surface area contributed by atoms with Crippen molar-refractivity contribution in [1.29, 1.82) is 0 Å². The van der Waals surface area contributed by atoms with Gasteiger partial charge in [-0.15, -0.1) is 0 Å². The van der Waals surface area contributed by atoms with E-state index < -0.39 is 5.82 Å². The van der Waals surface area contributed by atoms with Gasteiger partial charge in [0.25, 0.3) is 0 Å². The molecule has 0 aliphatic rings. The number of halogens is 1. The van der Waals surface area contributed by atoms with Gasteiger partial charge in [-0.1, -0.05) is 0 Å². The fraction of sp³-hybridized carbons (Fsp3) is 0.278. The first-order valence-electron chi connectivity index (χ1n) is 7.76. The van der Waals surface area contributed by atoms with Crippen LogP contribution in [-0.4, -0.2) is 20.5 Å². The molecular weight excluding hydrogens is 309 g/mol. The molecule has 3 aromatic rings. The first-order valence-corrected chi connectivity index (χ1v) is 7.76. The van der Waals surface area contributed by atoms with Crippen LogP contribution in [0.3, 0.4) is 0 Å². The fourth-order valence-corrected chi connectivity index (χ4v) is 2.67. The Kier molecular flexibility index (Phi) is 4.29. The summed E-state index contributed by atoms with van der Waals surface area (Å²) in [5, 5.41) is 4.25. The number of rotatable bonds is 5. The predicted molar refractivity (Wildman–Crippen MR) is 87.3 cm³/mol. The largest absolute Gasteiger partial charge is 0.441 e. The van der Waals surface area contributed by atoms with E-state index in [-0.39, 0.29) is 11.3 Å². The quantitative estimate of drug-likeness (QED) is 0.669. The van der Waals surface area contributed by atoms with Crippen molar-refractivity contribution in [2.24, 2.45) is 0 Å². The summed E-state index contributed by atoms with van der Waals surface area (Å²) in [7, 11) is 0. The fourth-order valence-electron chi connectivity index (χ4n) is 2.67. The van der Waals surface area contributed by atoms with Crippen molar-refractivity contribution in [3.8, 4) is 11.3 Å². The molecule has 0 fully saturated rings. The lowest BCUT2D eigenvalue weighted by Crippen LogP contribution is -1.99. The molecule has 0 bridgehead atoms. The van der Waals surface area contributed by atoms with Gasteiger partial charge in [-0.3, -0.25) is 9.48 Å². The molecule has 0 radical (unpaired) electrons. The molecule has 0 aliphatic carbocycles. The zero-order chi connectivity index (χ0) is 17.3. The van der Waals surface area contributed by atoms with Crippen molar-refractivity contribution in [1.82, 2.24) is 14.8 Å². The van der Waals surface area contributed by atoms with Crippen molar-refractivity contribution in [3.63, 3.8) is 0 Å². The van der Waals surface area contributed by atoms with Crippen LogP contribution in [-0.2, 0) is 13.0 Å². The van der Waals surface area contributed by atoms with Gasteiger partial charge in [0.05, 0.1) is 11.9 Å². The third-order valence-electron chi connectivity index (χ3n) is 3.79. The zero-order valence-corrected chi connectivity index (χ0v) is 13.8. The van der Waals surface area contributed by atoms with Crippen molar-refractivity contribution in [2.45, 2.75) is 33.7 Å². The number of hydrogen-bond acceptors (Lipinski definition) is 4. The Hall–Kier alpha value is -2.76. The molecule has 0 aliphatic heterocycles. The summed E-state index contributed by atoms with van der Waals surface area (Å²) in [6.07, 6.45) is 4.26. The summed E-state index contributed by atoms with van der Waals surface area (Å²) in [4.78, 5) is 16.3. The maximum atomic E-state index is 13.5. The molecule has 6 heteroatoms. The third kappa shape index (κ3) is 3.13. The first kappa shape index (κ1) is 16.1. The van der Waals surface area contributed by atoms with Crippen LogP contribution in [0, 0.1) is 12.7 Å². The Morgan fingerprint density at radius 3 is 2.83 bits per heavy atom. The van der Waals surface area contributed by atoms with E-state index in [9.17, 15) is 9.18 Å². The average Bonchev–Trinajstić information content (AvgIpc) is 3.14. The zero-order valence-electron chi connectivity index (χ0n) is 13.8. The van der Waals surface area contributed by atoms with E-state index in [4.69, 9.17) is 4.42 Å². The van der Waals surface area contributed by atoms with Gasteiger partial charge in [0.15, 0.2) is 17.4 Å². The van der Waals surface area contributed by atoms with Crippen molar-refractivity contribution in [2.75, 3.05) is 0 Å². The second-order valence-electron chi connectivity index (χ2n) is 5.64. The van der Waals surface area contributed by atoms with Gasteiger partial charge < -0.3 is 4.42 Å². The number of hydrogen-bond donors (Lipinski definition) is 0. The molecule has 0 spiro atoms. The maximum Gasteiger partial charge on any atom is 0.192 e. The van der Waals surface area contributed by atoms with Gasteiger partial charge in [0.1, 0.15) is 5.82 Å². The predicted octanol–water partition coefficient (Wildman–Crippen LogP) is 3.80. The summed E-state index contributed by atoms with van der Waals surface area (Å²) in [6, 6.07) is 4.11. The summed E-state index contributed by atoms with van der Waals surface area (Å²) in [6.45, 7) is 5.96. The van der Waals surface area contributed by atoms with Crippen molar-refractivity contribution >= 4 is 5.78 Å². The van der Waals surface area contributed by atoms with Gasteiger partial charge >= 0.3 is 0 Å². The van der Waals surface area contributed by atoms with Crippen molar-refractivity contribution < 1.29 is 13.6 Å². The van der Waals surface area contributed by atoms with E-state index in [1.807, 2.05) is 17.8 Å². The number of carbonyl (C=O) groups is 1. The third-order valence-corrected chi connectivity index (χ3v) is 3.79. The second-order valence-corrected chi connectivity index (χ2v) is 5.64. The number of aromatic nitrogens is 3. The Bertz CT molecular complexity index is 896. The number of carbonyl (C=O) groups excluding carboxylic acids is 1. The van der Waals surface area contributed by atoms with Gasteiger partial charge in [0.2, 0.25) is 0 Å². The first-order chi connectivity index (χ1) is 11.5. The highest BCUT2D eigenvalue weighted by atomic mass is 19.1. The van der Waals surface area contributed by atoms with E-state index in [0.717, 1.165) is 12.1 Å². The van der Waals surface area contributed by atoms with Gasteiger partial charge in [-0.05, 0) is 37.6 Å². The van der Waals surface area contributed by atoms with E-state index in [1.54, 1.807) is 19.2 Å². The smallest absolute Gasteiger partial charge is 0.192 e. The highest BCUT2D eigenvalue weighted by Crippen LogP contribution is 2.30. The van der Waals surface area contributed by atoms with Crippen LogP contribution in [0.1, 0.15) is 41.4 Å². The summed E-state index contributed by atoms with van der Waals surface area (Å²) >= 11 is 0. The molecule has 1 aromatic carbocycles. The Labute approximate surface area is 139 Å². The topological polar surface area (TPSA) is 60.9 Å². The number of nitrogens with zero attached hydrogens (tertiary/aromatic N) is 3. The van der Waals surface area contributed by atoms with E-state index >= 15 is 0 Å². The highest BCUT2D eigenvalue weighted by Gasteiger charge is 2.19. The normalized spacial score (nSPS) is 11.0. The monoisotopic (exact) mass is 327 g/mol. The van der Waals surface area contributed by atoms with Crippen LogP contribution in [0.15, 0.2) is 35.0 Å². The lowest BCUT2D eigenvalue weighted by Gasteiger charge is -2.06. The van der Waals surface area contributed by atoms with E-state index in [1.165, 1.54) is 19.1 Å². The molecule has 5 nitrogen and oxygen atoms in total. The molecule has 0 saturated carbocycles. The van der Waals surface area contributed by atoms with Crippen LogP contribution in [0.4, 0.5) is 4.39 Å². The SMILES string of the molecule is CCn1cc(Cc2nc(C)oc2-c2ccc(F)cc2C(C)=O)cn1. The van der Waals surface area contributed by atoms with Gasteiger partial charge in [-0.25, -0.2) is 9.37 Å². The second kappa shape index (κ2) is 6.39. The maximum absolute atomic E-state index is 13.5. The van der Waals surface area contributed by atoms with E-state index in [2.05, 4.69) is 10.1 Å². The van der Waals surface area contributed by atoms with Gasteiger partial charge in [-0.2, -0.15) is 5.10 Å². The number of aryl methyl sites for hydroxylation is 2. The Balaban J connectivity index is 2.05.